The van der Waals surface area contributed by atoms with Crippen LogP contribution in [0.15, 0.2) is 0 Å². The number of ether oxygens (including phenoxy) is 1. The van der Waals surface area contributed by atoms with Crippen molar-refractivity contribution in [1.29, 1.82) is 0 Å². The van der Waals surface area contributed by atoms with Crippen LogP contribution >= 0.6 is 0 Å². The van der Waals surface area contributed by atoms with Crippen LogP contribution in [0.2, 0.25) is 0 Å². The van der Waals surface area contributed by atoms with Crippen molar-refractivity contribution in [3.05, 3.63) is 0 Å². The Kier molecular flexibility index (Phi) is 15.6. The third-order valence-electron chi connectivity index (χ3n) is 0.697. The summed E-state index contributed by atoms with van der Waals surface area (Å²) >= 11 is 0. The Labute approximate surface area is 70.9 Å². The molecule has 1 nitrogen and oxygen atoms in total. The van der Waals surface area contributed by atoms with E-state index in [9.17, 15) is 0 Å². The van der Waals surface area contributed by atoms with Crippen LogP contribution in [0.4, 0.5) is 0 Å². The average molecular weight is 193 g/mol. The first-order chi connectivity index (χ1) is 3.41. The van der Waals surface area contributed by atoms with Crippen LogP contribution in [0.25, 0.3) is 0 Å². The molecule has 0 aliphatic heterocycles. The van der Waals surface area contributed by atoms with Crippen LogP contribution in [0.3, 0.4) is 0 Å². The first-order valence-corrected chi connectivity index (χ1v) is 2.99. The molecule has 8 heavy (non-hydrogen) atoms. The molecule has 0 rings (SSSR count). The molecule has 0 fully saturated rings. The van der Waals surface area contributed by atoms with Gasteiger partial charge in [0.05, 0.1) is 0 Å². The van der Waals surface area contributed by atoms with Crippen molar-refractivity contribution in [2.75, 3.05) is 13.2 Å². The van der Waals surface area contributed by atoms with E-state index in [0.717, 1.165) is 26.1 Å². The average Bonchev–Trinajstić information content (AvgIpc) is 1.69. The topological polar surface area (TPSA) is 9.23 Å². The summed E-state index contributed by atoms with van der Waals surface area (Å²) in [5.74, 6) is 0. The molecule has 0 atom stereocenters. The Balaban J connectivity index is 0. The van der Waals surface area contributed by atoms with Crippen LogP contribution in [0.1, 0.15) is 26.7 Å². The Morgan fingerprint density at radius 1 is 1.00 bits per heavy atom. The molecule has 0 aliphatic carbocycles. The van der Waals surface area contributed by atoms with E-state index in [1.54, 1.807) is 0 Å². The third-order valence-corrected chi connectivity index (χ3v) is 0.697. The summed E-state index contributed by atoms with van der Waals surface area (Å²) in [6, 6.07) is 0. The van der Waals surface area contributed by atoms with Crippen molar-refractivity contribution >= 4 is 0 Å². The van der Waals surface area contributed by atoms with Crippen molar-refractivity contribution in [3.8, 4) is 0 Å². The minimum Gasteiger partial charge on any atom is -0.381 e. The van der Waals surface area contributed by atoms with E-state index >= 15 is 0 Å². The fourth-order valence-electron chi connectivity index (χ4n) is 0.391. The zero-order chi connectivity index (χ0) is 5.54. The van der Waals surface area contributed by atoms with Crippen LogP contribution in [0, 0.1) is 0 Å². The van der Waals surface area contributed by atoms with Crippen LogP contribution in [-0.4, -0.2) is 13.2 Å². The van der Waals surface area contributed by atoms with Crippen LogP contribution < -0.4 is 0 Å². The third kappa shape index (κ3) is 9.96. The second-order valence-electron chi connectivity index (χ2n) is 1.61. The van der Waals surface area contributed by atoms with Crippen molar-refractivity contribution in [3.63, 3.8) is 0 Å². The van der Waals surface area contributed by atoms with Gasteiger partial charge < -0.3 is 4.74 Å². The Morgan fingerprint density at radius 3 is 1.62 bits per heavy atom. The fraction of sp³-hybridized carbons (Fsp3) is 1.00. The monoisotopic (exact) mass is 192 g/mol. The molecule has 0 heterocycles. The second-order valence-corrected chi connectivity index (χ2v) is 1.61. The quantitative estimate of drug-likeness (QED) is 0.619. The predicted molar refractivity (Wildman–Crippen MR) is 31.4 cm³/mol. The summed E-state index contributed by atoms with van der Waals surface area (Å²) in [6.07, 6.45) is 2.28. The molecule has 0 radical (unpaired) electrons. The molecular formula is C6H14OZr+4. The van der Waals surface area contributed by atoms with Gasteiger partial charge >= 0.3 is 26.2 Å². The van der Waals surface area contributed by atoms with E-state index in [1.165, 1.54) is 0 Å². The van der Waals surface area contributed by atoms with Gasteiger partial charge in [0.2, 0.25) is 0 Å². The van der Waals surface area contributed by atoms with E-state index in [2.05, 4.69) is 13.8 Å². The molecule has 2 heteroatoms. The van der Waals surface area contributed by atoms with E-state index in [-0.39, 0.29) is 26.2 Å². The van der Waals surface area contributed by atoms with Crippen molar-refractivity contribution in [2.45, 2.75) is 26.7 Å². The van der Waals surface area contributed by atoms with E-state index in [4.69, 9.17) is 4.74 Å². The fourth-order valence-corrected chi connectivity index (χ4v) is 0.391. The van der Waals surface area contributed by atoms with Gasteiger partial charge in [-0.25, -0.2) is 0 Å². The Hall–Kier alpha value is 0.843. The zero-order valence-electron chi connectivity index (χ0n) is 5.74. The van der Waals surface area contributed by atoms with E-state index in [0.29, 0.717) is 0 Å². The molecular weight excluding hydrogens is 179 g/mol. The molecule has 0 aromatic heterocycles. The second kappa shape index (κ2) is 10.8. The summed E-state index contributed by atoms with van der Waals surface area (Å²) in [5, 5.41) is 0. The van der Waals surface area contributed by atoms with E-state index in [1.807, 2.05) is 0 Å². The molecule has 0 spiro atoms. The van der Waals surface area contributed by atoms with Crippen LogP contribution in [0.5, 0.6) is 0 Å². The standard InChI is InChI=1S/C6H14O.Zr/c1-3-5-7-6-4-2;/h3-6H2,1-2H3;/q;+4. The van der Waals surface area contributed by atoms with Crippen LogP contribution in [-0.2, 0) is 30.9 Å². The zero-order valence-corrected chi connectivity index (χ0v) is 8.19. The van der Waals surface area contributed by atoms with Gasteiger partial charge in [-0.15, -0.1) is 0 Å². The minimum atomic E-state index is 0. The van der Waals surface area contributed by atoms with Gasteiger partial charge in [0.25, 0.3) is 0 Å². The van der Waals surface area contributed by atoms with Gasteiger partial charge in [-0.2, -0.15) is 0 Å². The summed E-state index contributed by atoms with van der Waals surface area (Å²) < 4.78 is 5.13. The van der Waals surface area contributed by atoms with Gasteiger partial charge in [-0.05, 0) is 12.8 Å². The molecule has 0 amide bonds. The molecule has 0 N–H and O–H groups in total. The molecule has 0 aromatic rings. The molecule has 0 saturated carbocycles. The Bertz CT molecular complexity index is 27.7. The largest absolute Gasteiger partial charge is 4.00 e. The number of hydrogen-bond acceptors (Lipinski definition) is 1. The number of hydrogen-bond donors (Lipinski definition) is 0. The van der Waals surface area contributed by atoms with E-state index < -0.39 is 0 Å². The van der Waals surface area contributed by atoms with Gasteiger partial charge in [-0.3, -0.25) is 0 Å². The minimum absolute atomic E-state index is 0. The molecule has 44 valence electrons. The summed E-state index contributed by atoms with van der Waals surface area (Å²) in [4.78, 5) is 0. The number of rotatable bonds is 4. The van der Waals surface area contributed by atoms with Crippen molar-refractivity contribution in [1.82, 2.24) is 0 Å². The Morgan fingerprint density at radius 2 is 1.38 bits per heavy atom. The first kappa shape index (κ1) is 11.6. The van der Waals surface area contributed by atoms with Gasteiger partial charge in [-0.1, -0.05) is 13.8 Å². The van der Waals surface area contributed by atoms with Crippen molar-refractivity contribution < 1.29 is 30.9 Å². The molecule has 0 unspecified atom stereocenters. The van der Waals surface area contributed by atoms with Crippen molar-refractivity contribution in [2.24, 2.45) is 0 Å². The van der Waals surface area contributed by atoms with Gasteiger partial charge in [0, 0.05) is 13.2 Å². The molecule has 0 saturated heterocycles. The summed E-state index contributed by atoms with van der Waals surface area (Å²) in [7, 11) is 0. The normalized spacial score (nSPS) is 8.25. The smallest absolute Gasteiger partial charge is 0.381 e. The maximum atomic E-state index is 5.13. The molecule has 0 bridgehead atoms. The summed E-state index contributed by atoms with van der Waals surface area (Å²) in [6.45, 7) is 6.09. The van der Waals surface area contributed by atoms with Gasteiger partial charge in [0.1, 0.15) is 0 Å². The predicted octanol–water partition coefficient (Wildman–Crippen LogP) is 1.82. The molecule has 0 aromatic carbocycles. The summed E-state index contributed by atoms with van der Waals surface area (Å²) in [5.41, 5.74) is 0. The SMILES string of the molecule is CCCOCCC.[Zr+4]. The van der Waals surface area contributed by atoms with Gasteiger partial charge in [0.15, 0.2) is 0 Å². The first-order valence-electron chi connectivity index (χ1n) is 2.99. The maximum Gasteiger partial charge on any atom is 4.00 e. The maximum absolute atomic E-state index is 5.13. The molecule has 0 aliphatic rings.